The largest absolute Gasteiger partial charge is 0.372 e. The molecule has 8 heteroatoms. The van der Waals surface area contributed by atoms with E-state index in [0.29, 0.717) is 18.5 Å². The van der Waals surface area contributed by atoms with Gasteiger partial charge in [0.1, 0.15) is 11.9 Å². The first-order chi connectivity index (χ1) is 14.9. The number of nitrogens with one attached hydrogen (secondary N) is 1. The normalized spacial score (nSPS) is 20.4. The highest BCUT2D eigenvalue weighted by Crippen LogP contribution is 2.28. The maximum atomic E-state index is 13.2. The summed E-state index contributed by atoms with van der Waals surface area (Å²) >= 11 is 0. The van der Waals surface area contributed by atoms with Crippen LogP contribution in [-0.2, 0) is 14.8 Å². The first kappa shape index (κ1) is 21.8. The lowest BCUT2D eigenvalue weighted by atomic mass is 10.2. The van der Waals surface area contributed by atoms with Gasteiger partial charge in [0.25, 0.3) is 0 Å². The molecule has 2 fully saturated rings. The minimum absolute atomic E-state index is 0.00426. The molecule has 2 heterocycles. The smallest absolute Gasteiger partial charge is 0.243 e. The van der Waals surface area contributed by atoms with Gasteiger partial charge >= 0.3 is 0 Å². The Labute approximate surface area is 183 Å². The Kier molecular flexibility index (Phi) is 6.57. The minimum Gasteiger partial charge on any atom is -0.372 e. The van der Waals surface area contributed by atoms with Gasteiger partial charge in [-0.2, -0.15) is 4.31 Å². The van der Waals surface area contributed by atoms with E-state index in [2.05, 4.69) is 10.2 Å². The number of amides is 1. The maximum Gasteiger partial charge on any atom is 0.243 e. The molecule has 166 valence electrons. The lowest BCUT2D eigenvalue weighted by Crippen LogP contribution is -2.43. The average molecular weight is 446 g/mol. The van der Waals surface area contributed by atoms with Crippen molar-refractivity contribution in [2.24, 2.45) is 0 Å². The van der Waals surface area contributed by atoms with Crippen LogP contribution in [0.4, 0.5) is 15.8 Å². The second-order valence-corrected chi connectivity index (χ2v) is 10.1. The Bertz CT molecular complexity index is 1000. The minimum atomic E-state index is -3.87. The number of rotatable bonds is 5. The van der Waals surface area contributed by atoms with Crippen molar-refractivity contribution >= 4 is 27.3 Å². The number of anilines is 2. The standard InChI is InChI=1S/C23H28FN3O3S/c24-18-7-13-21(14-8-18)31(29,30)27-17-5-6-22(27)23(28)25-19-9-11-20(12-10-19)26-15-3-1-2-4-16-26/h7-14,22H,1-6,15-17H2,(H,25,28). The molecule has 1 amide bonds. The Morgan fingerprint density at radius 2 is 1.52 bits per heavy atom. The van der Waals surface area contributed by atoms with Gasteiger partial charge in [0.2, 0.25) is 15.9 Å². The molecule has 1 unspecified atom stereocenters. The summed E-state index contributed by atoms with van der Waals surface area (Å²) in [5, 5.41) is 2.87. The number of hydrogen-bond donors (Lipinski definition) is 1. The number of hydrogen-bond acceptors (Lipinski definition) is 4. The van der Waals surface area contributed by atoms with E-state index in [-0.39, 0.29) is 17.3 Å². The molecule has 4 rings (SSSR count). The molecule has 2 aliphatic heterocycles. The molecule has 0 bridgehead atoms. The second-order valence-electron chi connectivity index (χ2n) is 8.17. The molecule has 2 aliphatic rings. The van der Waals surface area contributed by atoms with Gasteiger partial charge in [-0.25, -0.2) is 12.8 Å². The monoisotopic (exact) mass is 445 g/mol. The number of benzene rings is 2. The van der Waals surface area contributed by atoms with Crippen molar-refractivity contribution in [2.75, 3.05) is 29.9 Å². The van der Waals surface area contributed by atoms with Crippen molar-refractivity contribution in [1.29, 1.82) is 0 Å². The summed E-state index contributed by atoms with van der Waals surface area (Å²) in [7, 11) is -3.87. The highest BCUT2D eigenvalue weighted by atomic mass is 32.2. The zero-order valence-electron chi connectivity index (χ0n) is 17.5. The Hall–Kier alpha value is -2.45. The average Bonchev–Trinajstić information content (AvgIpc) is 3.12. The first-order valence-electron chi connectivity index (χ1n) is 10.9. The summed E-state index contributed by atoms with van der Waals surface area (Å²) < 4.78 is 40.4. The second kappa shape index (κ2) is 9.36. The summed E-state index contributed by atoms with van der Waals surface area (Å²) in [5.41, 5.74) is 1.79. The Morgan fingerprint density at radius 1 is 0.871 bits per heavy atom. The van der Waals surface area contributed by atoms with Gasteiger partial charge < -0.3 is 10.2 Å². The Balaban J connectivity index is 1.44. The molecule has 2 saturated heterocycles. The fourth-order valence-electron chi connectivity index (χ4n) is 4.34. The van der Waals surface area contributed by atoms with E-state index in [1.807, 2.05) is 24.3 Å². The molecule has 2 aromatic carbocycles. The molecular weight excluding hydrogens is 417 g/mol. The van der Waals surface area contributed by atoms with Crippen LogP contribution >= 0.6 is 0 Å². The van der Waals surface area contributed by atoms with Gasteiger partial charge in [0, 0.05) is 31.0 Å². The van der Waals surface area contributed by atoms with Crippen LogP contribution in [0.1, 0.15) is 38.5 Å². The van der Waals surface area contributed by atoms with Gasteiger partial charge in [-0.15, -0.1) is 0 Å². The summed E-state index contributed by atoms with van der Waals surface area (Å²) in [4.78, 5) is 15.3. The van der Waals surface area contributed by atoms with E-state index in [1.54, 1.807) is 0 Å². The van der Waals surface area contributed by atoms with Gasteiger partial charge in [-0.1, -0.05) is 12.8 Å². The molecule has 31 heavy (non-hydrogen) atoms. The summed E-state index contributed by atoms with van der Waals surface area (Å²) in [5.74, 6) is -0.844. The van der Waals surface area contributed by atoms with Gasteiger partial charge in [-0.3, -0.25) is 4.79 Å². The number of halogens is 1. The predicted octanol–water partition coefficient (Wildman–Crippen LogP) is 4.00. The van der Waals surface area contributed by atoms with Crippen LogP contribution in [0.25, 0.3) is 0 Å². The van der Waals surface area contributed by atoms with Crippen molar-refractivity contribution in [3.05, 3.63) is 54.3 Å². The summed E-state index contributed by atoms with van der Waals surface area (Å²) in [6.07, 6.45) is 5.98. The van der Waals surface area contributed by atoms with Crippen molar-refractivity contribution in [2.45, 2.75) is 49.5 Å². The number of nitrogens with zero attached hydrogens (tertiary/aromatic N) is 2. The third-order valence-electron chi connectivity index (χ3n) is 6.03. The number of carbonyl (C=O) groups is 1. The lowest BCUT2D eigenvalue weighted by Gasteiger charge is -2.24. The van der Waals surface area contributed by atoms with Crippen molar-refractivity contribution in [1.82, 2.24) is 4.31 Å². The van der Waals surface area contributed by atoms with Crippen LogP contribution in [0.5, 0.6) is 0 Å². The van der Waals surface area contributed by atoms with Crippen molar-refractivity contribution in [3.63, 3.8) is 0 Å². The van der Waals surface area contributed by atoms with E-state index in [9.17, 15) is 17.6 Å². The molecule has 6 nitrogen and oxygen atoms in total. The van der Waals surface area contributed by atoms with Gasteiger partial charge in [0.05, 0.1) is 4.90 Å². The van der Waals surface area contributed by atoms with Crippen LogP contribution < -0.4 is 10.2 Å². The molecule has 0 aliphatic carbocycles. The van der Waals surface area contributed by atoms with Gasteiger partial charge in [-0.05, 0) is 74.2 Å². The van der Waals surface area contributed by atoms with Crippen molar-refractivity contribution < 1.29 is 17.6 Å². The van der Waals surface area contributed by atoms with E-state index in [4.69, 9.17) is 0 Å². The molecule has 2 aromatic rings. The third kappa shape index (κ3) is 4.91. The molecule has 1 N–H and O–H groups in total. The van der Waals surface area contributed by atoms with Crippen LogP contribution in [0, 0.1) is 5.82 Å². The predicted molar refractivity (Wildman–Crippen MR) is 119 cm³/mol. The maximum absolute atomic E-state index is 13.2. The zero-order valence-corrected chi connectivity index (χ0v) is 18.3. The molecular formula is C23H28FN3O3S. The zero-order chi connectivity index (χ0) is 21.8. The van der Waals surface area contributed by atoms with Crippen LogP contribution in [0.2, 0.25) is 0 Å². The van der Waals surface area contributed by atoms with E-state index >= 15 is 0 Å². The quantitative estimate of drug-likeness (QED) is 0.755. The van der Waals surface area contributed by atoms with Crippen molar-refractivity contribution in [3.8, 4) is 0 Å². The van der Waals surface area contributed by atoms with Gasteiger partial charge in [0.15, 0.2) is 0 Å². The molecule has 0 aromatic heterocycles. The van der Waals surface area contributed by atoms with E-state index in [1.165, 1.54) is 42.1 Å². The highest BCUT2D eigenvalue weighted by molar-refractivity contribution is 7.89. The van der Waals surface area contributed by atoms with Crippen LogP contribution in [0.3, 0.4) is 0 Å². The highest BCUT2D eigenvalue weighted by Gasteiger charge is 2.39. The SMILES string of the molecule is O=C(Nc1ccc(N2CCCCCC2)cc1)C1CCCN1S(=O)(=O)c1ccc(F)cc1. The summed E-state index contributed by atoms with van der Waals surface area (Å²) in [6.45, 7) is 2.36. The van der Waals surface area contributed by atoms with Crippen LogP contribution in [0.15, 0.2) is 53.4 Å². The molecule has 0 radical (unpaired) electrons. The fourth-order valence-corrected chi connectivity index (χ4v) is 6.00. The summed E-state index contributed by atoms with van der Waals surface area (Å²) in [6, 6.07) is 11.7. The number of sulfonamides is 1. The van der Waals surface area contributed by atoms with E-state index < -0.39 is 21.9 Å². The fraction of sp³-hybridized carbons (Fsp3) is 0.435. The first-order valence-corrected chi connectivity index (χ1v) is 12.3. The van der Waals surface area contributed by atoms with E-state index in [0.717, 1.165) is 30.9 Å². The molecule has 0 saturated carbocycles. The Morgan fingerprint density at radius 3 is 2.16 bits per heavy atom. The third-order valence-corrected chi connectivity index (χ3v) is 7.96. The number of carbonyl (C=O) groups excluding carboxylic acids is 1. The topological polar surface area (TPSA) is 69.7 Å². The lowest BCUT2D eigenvalue weighted by molar-refractivity contribution is -0.119. The molecule has 0 spiro atoms. The molecule has 1 atom stereocenters. The van der Waals surface area contributed by atoms with Crippen LogP contribution in [-0.4, -0.2) is 44.3 Å².